The average molecular weight is 306 g/mol. The van der Waals surface area contributed by atoms with Crippen LogP contribution in [0.1, 0.15) is 39.5 Å². The van der Waals surface area contributed by atoms with Crippen LogP contribution in [0.5, 0.6) is 0 Å². The van der Waals surface area contributed by atoms with Crippen LogP contribution in [0.15, 0.2) is 0 Å². The van der Waals surface area contributed by atoms with E-state index in [4.69, 9.17) is 0 Å². The molecule has 1 rings (SSSR count). The minimum absolute atomic E-state index is 0.0146. The van der Waals surface area contributed by atoms with E-state index in [1.165, 1.54) is 4.31 Å². The van der Waals surface area contributed by atoms with Gasteiger partial charge >= 0.3 is 0 Å². The van der Waals surface area contributed by atoms with Gasteiger partial charge in [0.05, 0.1) is 12.9 Å². The molecule has 0 aromatic carbocycles. The van der Waals surface area contributed by atoms with Crippen molar-refractivity contribution in [1.29, 1.82) is 0 Å². The molecule has 1 amide bonds. The second-order valence-corrected chi connectivity index (χ2v) is 7.55. The van der Waals surface area contributed by atoms with Gasteiger partial charge in [0, 0.05) is 18.5 Å². The Labute approximate surface area is 121 Å². The van der Waals surface area contributed by atoms with Crippen LogP contribution in [0, 0.1) is 5.41 Å². The first-order valence-corrected chi connectivity index (χ1v) is 9.00. The van der Waals surface area contributed by atoms with E-state index in [9.17, 15) is 18.3 Å². The van der Waals surface area contributed by atoms with Crippen LogP contribution in [-0.2, 0) is 14.8 Å². The Morgan fingerprint density at radius 3 is 2.45 bits per heavy atom. The number of rotatable bonds is 7. The molecular weight excluding hydrogens is 280 g/mol. The maximum Gasteiger partial charge on any atom is 0.238 e. The van der Waals surface area contributed by atoms with Crippen molar-refractivity contribution in [3.63, 3.8) is 0 Å². The molecule has 0 aromatic heterocycles. The molecule has 0 radical (unpaired) electrons. The van der Waals surface area contributed by atoms with E-state index in [1.54, 1.807) is 0 Å². The number of hydrogen-bond donors (Lipinski definition) is 2. The Kier molecular flexibility index (Phi) is 5.97. The van der Waals surface area contributed by atoms with Gasteiger partial charge in [0.1, 0.15) is 6.04 Å². The molecule has 118 valence electrons. The molecule has 1 atom stereocenters. The third-order valence-electron chi connectivity index (χ3n) is 4.41. The summed E-state index contributed by atoms with van der Waals surface area (Å²) in [6.45, 7) is 4.75. The minimum atomic E-state index is -3.34. The molecule has 1 unspecified atom stereocenters. The third kappa shape index (κ3) is 3.93. The zero-order chi connectivity index (χ0) is 15.4. The fourth-order valence-corrected chi connectivity index (χ4v) is 3.70. The van der Waals surface area contributed by atoms with Gasteiger partial charge in [-0.15, -0.1) is 0 Å². The number of carbonyl (C=O) groups excluding carboxylic acids is 1. The first kappa shape index (κ1) is 17.4. The monoisotopic (exact) mass is 306 g/mol. The number of nitrogens with one attached hydrogen (secondary N) is 1. The number of aliphatic hydroxyl groups excluding tert-OH is 1. The van der Waals surface area contributed by atoms with Gasteiger partial charge in [-0.3, -0.25) is 4.79 Å². The van der Waals surface area contributed by atoms with Gasteiger partial charge in [-0.25, -0.2) is 8.42 Å². The lowest BCUT2D eigenvalue weighted by atomic mass is 9.83. The summed E-state index contributed by atoms with van der Waals surface area (Å²) in [6.07, 6.45) is 3.93. The molecule has 2 N–H and O–H groups in total. The highest BCUT2D eigenvalue weighted by Gasteiger charge is 2.37. The minimum Gasteiger partial charge on any atom is -0.396 e. The first-order chi connectivity index (χ1) is 9.29. The predicted molar refractivity (Wildman–Crippen MR) is 77.7 cm³/mol. The highest BCUT2D eigenvalue weighted by Crippen LogP contribution is 2.25. The summed E-state index contributed by atoms with van der Waals surface area (Å²) < 4.78 is 24.5. The van der Waals surface area contributed by atoms with Crippen molar-refractivity contribution in [2.45, 2.75) is 45.6 Å². The molecule has 6 nitrogen and oxygen atoms in total. The zero-order valence-corrected chi connectivity index (χ0v) is 13.4. The zero-order valence-electron chi connectivity index (χ0n) is 12.6. The van der Waals surface area contributed by atoms with Gasteiger partial charge in [0.2, 0.25) is 15.9 Å². The summed E-state index contributed by atoms with van der Waals surface area (Å²) >= 11 is 0. The van der Waals surface area contributed by atoms with E-state index in [-0.39, 0.29) is 17.9 Å². The summed E-state index contributed by atoms with van der Waals surface area (Å²) in [4.78, 5) is 12.2. The summed E-state index contributed by atoms with van der Waals surface area (Å²) in [5, 5.41) is 12.3. The van der Waals surface area contributed by atoms with Crippen molar-refractivity contribution >= 4 is 15.9 Å². The van der Waals surface area contributed by atoms with Crippen LogP contribution in [0.25, 0.3) is 0 Å². The highest BCUT2D eigenvalue weighted by atomic mass is 32.2. The average Bonchev–Trinajstić information content (AvgIpc) is 2.90. The Morgan fingerprint density at radius 1 is 1.40 bits per heavy atom. The molecule has 20 heavy (non-hydrogen) atoms. The van der Waals surface area contributed by atoms with Crippen LogP contribution in [-0.4, -0.2) is 55.7 Å². The molecule has 1 heterocycles. The predicted octanol–water partition coefficient (Wildman–Crippen LogP) is 0.325. The Morgan fingerprint density at radius 2 is 2.00 bits per heavy atom. The highest BCUT2D eigenvalue weighted by molar-refractivity contribution is 7.88. The molecule has 0 bridgehead atoms. The number of aliphatic hydroxyl groups is 1. The van der Waals surface area contributed by atoms with E-state index >= 15 is 0 Å². The topological polar surface area (TPSA) is 86.7 Å². The molecule has 1 aliphatic heterocycles. The summed E-state index contributed by atoms with van der Waals surface area (Å²) in [5.41, 5.74) is -0.315. The maximum atomic E-state index is 12.2. The van der Waals surface area contributed by atoms with Crippen LogP contribution >= 0.6 is 0 Å². The van der Waals surface area contributed by atoms with Gasteiger partial charge < -0.3 is 10.4 Å². The molecule has 1 aliphatic rings. The fraction of sp³-hybridized carbons (Fsp3) is 0.923. The SMILES string of the molecule is CCC(CC)(CO)CNC(=O)C1CCCN1S(C)(=O)=O. The second kappa shape index (κ2) is 6.87. The molecule has 0 aliphatic carbocycles. The van der Waals surface area contributed by atoms with E-state index < -0.39 is 16.1 Å². The Balaban J connectivity index is 2.67. The Bertz CT molecular complexity index is 423. The molecule has 1 fully saturated rings. The largest absolute Gasteiger partial charge is 0.396 e. The normalized spacial score (nSPS) is 21.1. The molecule has 1 saturated heterocycles. The smallest absolute Gasteiger partial charge is 0.238 e. The third-order valence-corrected chi connectivity index (χ3v) is 5.69. The van der Waals surface area contributed by atoms with Gasteiger partial charge in [-0.2, -0.15) is 4.31 Å². The van der Waals surface area contributed by atoms with Gasteiger partial charge in [-0.1, -0.05) is 13.8 Å². The molecule has 0 spiro atoms. The quantitative estimate of drug-likeness (QED) is 0.709. The number of carbonyl (C=O) groups is 1. The number of amides is 1. The van der Waals surface area contributed by atoms with Gasteiger partial charge in [0.25, 0.3) is 0 Å². The molecule has 0 aromatic rings. The van der Waals surface area contributed by atoms with E-state index in [2.05, 4.69) is 5.32 Å². The van der Waals surface area contributed by atoms with Crippen molar-refractivity contribution in [3.8, 4) is 0 Å². The lowest BCUT2D eigenvalue weighted by Gasteiger charge is -2.30. The van der Waals surface area contributed by atoms with Crippen molar-refractivity contribution < 1.29 is 18.3 Å². The standard InChI is InChI=1S/C13H26N2O4S/c1-4-13(5-2,10-16)9-14-12(17)11-7-6-8-15(11)20(3,18)19/h11,16H,4-10H2,1-3H3,(H,14,17). The van der Waals surface area contributed by atoms with Gasteiger partial charge in [0.15, 0.2) is 0 Å². The van der Waals surface area contributed by atoms with Crippen LogP contribution < -0.4 is 5.32 Å². The van der Waals surface area contributed by atoms with Gasteiger partial charge in [-0.05, 0) is 25.7 Å². The van der Waals surface area contributed by atoms with Crippen molar-refractivity contribution in [2.24, 2.45) is 5.41 Å². The first-order valence-electron chi connectivity index (χ1n) is 7.15. The summed E-state index contributed by atoms with van der Waals surface area (Å²) in [6, 6.07) is -0.602. The summed E-state index contributed by atoms with van der Waals surface area (Å²) in [7, 11) is -3.34. The number of hydrogen-bond acceptors (Lipinski definition) is 4. The molecule has 7 heteroatoms. The number of sulfonamides is 1. The Hall–Kier alpha value is -0.660. The lowest BCUT2D eigenvalue weighted by molar-refractivity contribution is -0.124. The lowest BCUT2D eigenvalue weighted by Crippen LogP contribution is -2.48. The summed E-state index contributed by atoms with van der Waals surface area (Å²) in [5.74, 6) is -0.257. The van der Waals surface area contributed by atoms with Crippen molar-refractivity contribution in [3.05, 3.63) is 0 Å². The van der Waals surface area contributed by atoms with Crippen LogP contribution in [0.4, 0.5) is 0 Å². The van der Waals surface area contributed by atoms with E-state index in [0.29, 0.717) is 25.9 Å². The maximum absolute atomic E-state index is 12.2. The van der Waals surface area contributed by atoms with Crippen molar-refractivity contribution in [1.82, 2.24) is 9.62 Å². The molecule has 0 saturated carbocycles. The second-order valence-electron chi connectivity index (χ2n) is 5.61. The van der Waals surface area contributed by atoms with Crippen molar-refractivity contribution in [2.75, 3.05) is 26.0 Å². The fourth-order valence-electron chi connectivity index (χ4n) is 2.57. The number of nitrogens with zero attached hydrogens (tertiary/aromatic N) is 1. The van der Waals surface area contributed by atoms with E-state index in [1.807, 2.05) is 13.8 Å². The van der Waals surface area contributed by atoms with E-state index in [0.717, 1.165) is 19.1 Å². The molecular formula is C13H26N2O4S. The van der Waals surface area contributed by atoms with Crippen LogP contribution in [0.3, 0.4) is 0 Å². The van der Waals surface area contributed by atoms with Crippen LogP contribution in [0.2, 0.25) is 0 Å².